The standard InChI is InChI=1S/C14H18N4O5S/c1-17(2)24(22,23)16-8-7-15-12(19)9-18-13(20)10-5-3-4-6-11(10)14(18)21/h3-6,16H,7-9H2,1-2H3,(H,15,19). The number of rotatable bonds is 7. The van der Waals surface area contributed by atoms with Crippen LogP contribution in [0.4, 0.5) is 0 Å². The van der Waals surface area contributed by atoms with E-state index in [-0.39, 0.29) is 24.2 Å². The highest BCUT2D eigenvalue weighted by atomic mass is 32.2. The van der Waals surface area contributed by atoms with Crippen LogP contribution in [0, 0.1) is 0 Å². The maximum atomic E-state index is 12.1. The number of imide groups is 1. The van der Waals surface area contributed by atoms with Crippen molar-refractivity contribution in [2.24, 2.45) is 0 Å². The molecule has 0 aliphatic carbocycles. The largest absolute Gasteiger partial charge is 0.353 e. The van der Waals surface area contributed by atoms with E-state index < -0.39 is 34.5 Å². The number of benzene rings is 1. The molecule has 1 aromatic carbocycles. The molecule has 3 amide bonds. The van der Waals surface area contributed by atoms with Crippen LogP contribution in [0.3, 0.4) is 0 Å². The Morgan fingerprint density at radius 3 is 2.12 bits per heavy atom. The third kappa shape index (κ3) is 3.78. The Labute approximate surface area is 139 Å². The van der Waals surface area contributed by atoms with Crippen LogP contribution < -0.4 is 10.0 Å². The summed E-state index contributed by atoms with van der Waals surface area (Å²) in [5, 5.41) is 2.46. The number of carbonyl (C=O) groups is 3. The first kappa shape index (κ1) is 18.0. The summed E-state index contributed by atoms with van der Waals surface area (Å²) in [5.41, 5.74) is 0.545. The summed E-state index contributed by atoms with van der Waals surface area (Å²) in [4.78, 5) is 36.9. The molecule has 10 heteroatoms. The molecule has 1 aliphatic rings. The molecule has 9 nitrogen and oxygen atoms in total. The molecule has 0 spiro atoms. The van der Waals surface area contributed by atoms with Crippen LogP contribution in [0.2, 0.25) is 0 Å². The number of carbonyl (C=O) groups excluding carboxylic acids is 3. The second-order valence-electron chi connectivity index (χ2n) is 5.27. The Kier molecular flexibility index (Phi) is 5.32. The molecule has 1 aromatic rings. The van der Waals surface area contributed by atoms with Crippen LogP contribution >= 0.6 is 0 Å². The lowest BCUT2D eigenvalue weighted by Crippen LogP contribution is -2.44. The fourth-order valence-electron chi connectivity index (χ4n) is 2.09. The zero-order valence-electron chi connectivity index (χ0n) is 13.3. The predicted octanol–water partition coefficient (Wildman–Crippen LogP) is -1.21. The summed E-state index contributed by atoms with van der Waals surface area (Å²) < 4.78 is 26.2. The highest BCUT2D eigenvalue weighted by Crippen LogP contribution is 2.21. The van der Waals surface area contributed by atoms with Gasteiger partial charge in [-0.15, -0.1) is 0 Å². The normalized spacial score (nSPS) is 14.2. The van der Waals surface area contributed by atoms with Gasteiger partial charge in [-0.3, -0.25) is 19.3 Å². The predicted molar refractivity (Wildman–Crippen MR) is 85.4 cm³/mol. The number of amides is 3. The molecule has 0 atom stereocenters. The zero-order valence-corrected chi connectivity index (χ0v) is 14.1. The van der Waals surface area contributed by atoms with Crippen LogP contribution in [0.5, 0.6) is 0 Å². The highest BCUT2D eigenvalue weighted by molar-refractivity contribution is 7.87. The maximum Gasteiger partial charge on any atom is 0.278 e. The van der Waals surface area contributed by atoms with Crippen LogP contribution in [0.15, 0.2) is 24.3 Å². The number of nitrogens with zero attached hydrogens (tertiary/aromatic N) is 2. The Bertz CT molecular complexity index is 740. The molecule has 0 saturated carbocycles. The lowest BCUT2D eigenvalue weighted by atomic mass is 10.1. The topological polar surface area (TPSA) is 116 Å². The quantitative estimate of drug-likeness (QED) is 0.471. The number of hydrogen-bond donors (Lipinski definition) is 2. The number of nitrogens with one attached hydrogen (secondary N) is 2. The van der Waals surface area contributed by atoms with Crippen molar-refractivity contribution in [1.29, 1.82) is 0 Å². The van der Waals surface area contributed by atoms with Crippen molar-refractivity contribution in [2.75, 3.05) is 33.7 Å². The van der Waals surface area contributed by atoms with Crippen molar-refractivity contribution in [3.8, 4) is 0 Å². The Morgan fingerprint density at radius 1 is 1.08 bits per heavy atom. The summed E-state index contributed by atoms with van der Waals surface area (Å²) in [6.07, 6.45) is 0. The first-order valence-corrected chi connectivity index (χ1v) is 8.57. The molecule has 130 valence electrons. The Hall–Kier alpha value is -2.30. The number of fused-ring (bicyclic) bond motifs is 1. The van der Waals surface area contributed by atoms with Crippen LogP contribution in [-0.2, 0) is 15.0 Å². The van der Waals surface area contributed by atoms with Gasteiger partial charge in [-0.2, -0.15) is 12.7 Å². The monoisotopic (exact) mass is 354 g/mol. The van der Waals surface area contributed by atoms with Crippen molar-refractivity contribution in [3.05, 3.63) is 35.4 Å². The molecule has 0 saturated heterocycles. The Morgan fingerprint density at radius 2 is 1.62 bits per heavy atom. The van der Waals surface area contributed by atoms with Gasteiger partial charge in [-0.05, 0) is 12.1 Å². The molecule has 24 heavy (non-hydrogen) atoms. The summed E-state index contributed by atoms with van der Waals surface area (Å²) in [6.45, 7) is -0.379. The van der Waals surface area contributed by atoms with E-state index in [1.165, 1.54) is 26.2 Å². The summed E-state index contributed by atoms with van der Waals surface area (Å²) >= 11 is 0. The smallest absolute Gasteiger partial charge is 0.278 e. The Balaban J connectivity index is 1.84. The summed E-state index contributed by atoms with van der Waals surface area (Å²) in [6, 6.07) is 6.35. The molecule has 2 rings (SSSR count). The lowest BCUT2D eigenvalue weighted by Gasteiger charge is -2.15. The van der Waals surface area contributed by atoms with Gasteiger partial charge in [0.1, 0.15) is 6.54 Å². The second-order valence-corrected chi connectivity index (χ2v) is 7.24. The molecule has 0 bridgehead atoms. The van der Waals surface area contributed by atoms with Crippen LogP contribution in [0.25, 0.3) is 0 Å². The molecule has 1 heterocycles. The zero-order chi connectivity index (χ0) is 17.9. The maximum absolute atomic E-state index is 12.1. The van der Waals surface area contributed by atoms with Crippen LogP contribution in [0.1, 0.15) is 20.7 Å². The fraction of sp³-hybridized carbons (Fsp3) is 0.357. The van der Waals surface area contributed by atoms with Crippen molar-refractivity contribution in [2.45, 2.75) is 0 Å². The number of hydrogen-bond acceptors (Lipinski definition) is 5. The van der Waals surface area contributed by atoms with Gasteiger partial charge < -0.3 is 5.32 Å². The first-order valence-electron chi connectivity index (χ1n) is 7.13. The van der Waals surface area contributed by atoms with Gasteiger partial charge in [0.2, 0.25) is 5.91 Å². The minimum atomic E-state index is -3.56. The van der Waals surface area contributed by atoms with E-state index in [2.05, 4.69) is 10.0 Å². The second kappa shape index (κ2) is 7.07. The fourth-order valence-corrected chi connectivity index (χ4v) is 2.71. The van der Waals surface area contributed by atoms with E-state index in [0.29, 0.717) is 0 Å². The SMILES string of the molecule is CN(C)S(=O)(=O)NCCNC(=O)CN1C(=O)c2ccccc2C1=O. The minimum absolute atomic E-state index is 0.00558. The van der Waals surface area contributed by atoms with E-state index in [4.69, 9.17) is 0 Å². The van der Waals surface area contributed by atoms with E-state index in [1.54, 1.807) is 12.1 Å². The minimum Gasteiger partial charge on any atom is -0.353 e. The third-order valence-corrected chi connectivity index (χ3v) is 4.92. The molecule has 0 fully saturated rings. The molecule has 0 aromatic heterocycles. The molecule has 1 aliphatic heterocycles. The van der Waals surface area contributed by atoms with Gasteiger partial charge in [-0.25, -0.2) is 4.72 Å². The van der Waals surface area contributed by atoms with Crippen molar-refractivity contribution in [3.63, 3.8) is 0 Å². The van der Waals surface area contributed by atoms with Crippen LogP contribution in [-0.4, -0.2) is 69.1 Å². The third-order valence-electron chi connectivity index (χ3n) is 3.39. The van der Waals surface area contributed by atoms with Crippen molar-refractivity contribution >= 4 is 27.9 Å². The average Bonchev–Trinajstić information content (AvgIpc) is 2.77. The van der Waals surface area contributed by atoms with E-state index >= 15 is 0 Å². The first-order chi connectivity index (χ1) is 11.2. The van der Waals surface area contributed by atoms with Crippen molar-refractivity contribution < 1.29 is 22.8 Å². The van der Waals surface area contributed by atoms with Gasteiger partial charge in [-0.1, -0.05) is 12.1 Å². The van der Waals surface area contributed by atoms with Crippen molar-refractivity contribution in [1.82, 2.24) is 19.2 Å². The average molecular weight is 354 g/mol. The van der Waals surface area contributed by atoms with Gasteiger partial charge >= 0.3 is 0 Å². The molecule has 2 N–H and O–H groups in total. The van der Waals surface area contributed by atoms with E-state index in [0.717, 1.165) is 9.21 Å². The summed E-state index contributed by atoms with van der Waals surface area (Å²) in [7, 11) is -0.803. The van der Waals surface area contributed by atoms with Gasteiger partial charge in [0.05, 0.1) is 11.1 Å². The molecule has 0 radical (unpaired) electrons. The van der Waals surface area contributed by atoms with E-state index in [9.17, 15) is 22.8 Å². The molecular weight excluding hydrogens is 336 g/mol. The van der Waals surface area contributed by atoms with Gasteiger partial charge in [0, 0.05) is 27.2 Å². The van der Waals surface area contributed by atoms with E-state index in [1.807, 2.05) is 0 Å². The molecular formula is C14H18N4O5S. The van der Waals surface area contributed by atoms with Gasteiger partial charge in [0.15, 0.2) is 0 Å². The molecule has 0 unspecified atom stereocenters. The van der Waals surface area contributed by atoms with Gasteiger partial charge in [0.25, 0.3) is 22.0 Å². The summed E-state index contributed by atoms with van der Waals surface area (Å²) in [5.74, 6) is -1.58. The highest BCUT2D eigenvalue weighted by Gasteiger charge is 2.36. The lowest BCUT2D eigenvalue weighted by molar-refractivity contribution is -0.121.